The standard InChI is InChI=1S/C17H24O4/c1-21-16-10-6-5-7-12(16)11-14(17(19)20)13-8-3-2-4-9-15(13)18/h5-7,10,13-15,18H,2-4,8-9,11H2,1H3,(H,19,20). The van der Waals surface area contributed by atoms with Crippen LogP contribution >= 0.6 is 0 Å². The fraction of sp³-hybridized carbons (Fsp3) is 0.588. The smallest absolute Gasteiger partial charge is 0.307 e. The van der Waals surface area contributed by atoms with Gasteiger partial charge in [0, 0.05) is 0 Å². The van der Waals surface area contributed by atoms with Gasteiger partial charge in [0.1, 0.15) is 5.75 Å². The summed E-state index contributed by atoms with van der Waals surface area (Å²) >= 11 is 0. The zero-order chi connectivity index (χ0) is 15.2. The molecule has 4 nitrogen and oxygen atoms in total. The number of hydrogen-bond donors (Lipinski definition) is 2. The van der Waals surface area contributed by atoms with Gasteiger partial charge < -0.3 is 14.9 Å². The highest BCUT2D eigenvalue weighted by Crippen LogP contribution is 2.33. The summed E-state index contributed by atoms with van der Waals surface area (Å²) in [6.45, 7) is 0. The second-order valence-electron chi connectivity index (χ2n) is 5.83. The normalized spacial score (nSPS) is 24.1. The Hall–Kier alpha value is -1.55. The van der Waals surface area contributed by atoms with Crippen molar-refractivity contribution in [3.8, 4) is 5.75 Å². The van der Waals surface area contributed by atoms with Crippen molar-refractivity contribution in [2.24, 2.45) is 11.8 Å². The van der Waals surface area contributed by atoms with E-state index in [2.05, 4.69) is 0 Å². The largest absolute Gasteiger partial charge is 0.496 e. The van der Waals surface area contributed by atoms with E-state index >= 15 is 0 Å². The summed E-state index contributed by atoms with van der Waals surface area (Å²) < 4.78 is 5.31. The fourth-order valence-electron chi connectivity index (χ4n) is 3.32. The summed E-state index contributed by atoms with van der Waals surface area (Å²) in [5.74, 6) is -0.844. The van der Waals surface area contributed by atoms with Gasteiger partial charge in [-0.15, -0.1) is 0 Å². The van der Waals surface area contributed by atoms with Crippen LogP contribution in [0.25, 0.3) is 0 Å². The molecule has 0 bridgehead atoms. The van der Waals surface area contributed by atoms with Gasteiger partial charge in [-0.25, -0.2) is 0 Å². The molecule has 116 valence electrons. The van der Waals surface area contributed by atoms with Gasteiger partial charge in [-0.2, -0.15) is 0 Å². The van der Waals surface area contributed by atoms with Crippen LogP contribution in [0.3, 0.4) is 0 Å². The van der Waals surface area contributed by atoms with Crippen molar-refractivity contribution in [1.29, 1.82) is 0 Å². The van der Waals surface area contributed by atoms with Gasteiger partial charge >= 0.3 is 5.97 Å². The molecular weight excluding hydrogens is 268 g/mol. The molecule has 1 aliphatic rings. The predicted molar refractivity (Wildman–Crippen MR) is 80.4 cm³/mol. The Morgan fingerprint density at radius 2 is 2.00 bits per heavy atom. The van der Waals surface area contributed by atoms with Crippen molar-refractivity contribution in [2.45, 2.75) is 44.6 Å². The van der Waals surface area contributed by atoms with Crippen LogP contribution in [0.2, 0.25) is 0 Å². The molecule has 1 aromatic carbocycles. The van der Waals surface area contributed by atoms with Crippen molar-refractivity contribution in [3.05, 3.63) is 29.8 Å². The molecule has 3 unspecified atom stereocenters. The van der Waals surface area contributed by atoms with Crippen molar-refractivity contribution in [1.82, 2.24) is 0 Å². The maximum absolute atomic E-state index is 11.7. The molecule has 0 aliphatic heterocycles. The molecule has 4 heteroatoms. The fourth-order valence-corrected chi connectivity index (χ4v) is 3.32. The number of benzene rings is 1. The maximum Gasteiger partial charge on any atom is 0.307 e. The van der Waals surface area contributed by atoms with Gasteiger partial charge in [0.2, 0.25) is 0 Å². The minimum atomic E-state index is -0.827. The number of aliphatic carboxylic acids is 1. The van der Waals surface area contributed by atoms with E-state index < -0.39 is 18.0 Å². The van der Waals surface area contributed by atoms with Crippen LogP contribution in [-0.2, 0) is 11.2 Å². The van der Waals surface area contributed by atoms with Gasteiger partial charge in [0.25, 0.3) is 0 Å². The zero-order valence-corrected chi connectivity index (χ0v) is 12.5. The average molecular weight is 292 g/mol. The third kappa shape index (κ3) is 3.97. The van der Waals surface area contributed by atoms with E-state index in [1.807, 2.05) is 24.3 Å². The van der Waals surface area contributed by atoms with Crippen LogP contribution in [0.4, 0.5) is 0 Å². The van der Waals surface area contributed by atoms with E-state index in [1.54, 1.807) is 7.11 Å². The quantitative estimate of drug-likeness (QED) is 0.819. The first-order valence-corrected chi connectivity index (χ1v) is 7.66. The number of carbonyl (C=O) groups is 1. The number of rotatable bonds is 5. The first-order valence-electron chi connectivity index (χ1n) is 7.66. The monoisotopic (exact) mass is 292 g/mol. The molecule has 0 aromatic heterocycles. The van der Waals surface area contributed by atoms with Crippen molar-refractivity contribution in [2.75, 3.05) is 7.11 Å². The minimum Gasteiger partial charge on any atom is -0.496 e. The third-order valence-corrected chi connectivity index (χ3v) is 4.50. The molecule has 0 radical (unpaired) electrons. The SMILES string of the molecule is COc1ccccc1CC(C(=O)O)C1CCCCCC1O. The summed E-state index contributed by atoms with van der Waals surface area (Å²) in [5.41, 5.74) is 0.892. The third-order valence-electron chi connectivity index (χ3n) is 4.50. The Morgan fingerprint density at radius 3 is 2.71 bits per heavy atom. The highest BCUT2D eigenvalue weighted by atomic mass is 16.5. The zero-order valence-electron chi connectivity index (χ0n) is 12.5. The summed E-state index contributed by atoms with van der Waals surface area (Å²) in [4.78, 5) is 11.7. The number of ether oxygens (including phenoxy) is 1. The van der Waals surface area contributed by atoms with Crippen LogP contribution < -0.4 is 4.74 Å². The molecule has 1 aromatic rings. The lowest BCUT2D eigenvalue weighted by Gasteiger charge is -2.27. The number of methoxy groups -OCH3 is 1. The van der Waals surface area contributed by atoms with Crippen LogP contribution in [0.1, 0.15) is 37.7 Å². The first-order chi connectivity index (χ1) is 10.1. The van der Waals surface area contributed by atoms with E-state index in [0.717, 1.165) is 31.2 Å². The van der Waals surface area contributed by atoms with Gasteiger partial charge in [-0.3, -0.25) is 4.79 Å². The van der Waals surface area contributed by atoms with Gasteiger partial charge in [0.15, 0.2) is 0 Å². The Morgan fingerprint density at radius 1 is 1.29 bits per heavy atom. The molecule has 1 saturated carbocycles. The lowest BCUT2D eigenvalue weighted by atomic mass is 9.80. The van der Waals surface area contributed by atoms with Crippen molar-refractivity contribution >= 4 is 5.97 Å². The molecule has 1 fully saturated rings. The Balaban J connectivity index is 2.20. The number of carboxylic acids is 1. The van der Waals surface area contributed by atoms with E-state index in [0.29, 0.717) is 18.6 Å². The molecule has 0 saturated heterocycles. The minimum absolute atomic E-state index is 0.171. The molecule has 2 N–H and O–H groups in total. The summed E-state index contributed by atoms with van der Waals surface area (Å²) in [7, 11) is 1.59. The van der Waals surface area contributed by atoms with Gasteiger partial charge in [-0.05, 0) is 36.8 Å². The topological polar surface area (TPSA) is 66.8 Å². The average Bonchev–Trinajstić information content (AvgIpc) is 2.69. The Labute approximate surface area is 125 Å². The highest BCUT2D eigenvalue weighted by Gasteiger charge is 2.34. The molecular formula is C17H24O4. The van der Waals surface area contributed by atoms with Crippen LogP contribution in [0, 0.1) is 11.8 Å². The molecule has 1 aliphatic carbocycles. The van der Waals surface area contributed by atoms with E-state index in [-0.39, 0.29) is 5.92 Å². The van der Waals surface area contributed by atoms with E-state index in [4.69, 9.17) is 4.74 Å². The molecule has 3 atom stereocenters. The van der Waals surface area contributed by atoms with Gasteiger partial charge in [-0.1, -0.05) is 37.5 Å². The number of aliphatic hydroxyl groups excluding tert-OH is 1. The van der Waals surface area contributed by atoms with Crippen LogP contribution in [0.5, 0.6) is 5.75 Å². The maximum atomic E-state index is 11.7. The number of carboxylic acid groups (broad SMARTS) is 1. The Bertz CT molecular complexity index is 472. The highest BCUT2D eigenvalue weighted by molar-refractivity contribution is 5.71. The van der Waals surface area contributed by atoms with Crippen LogP contribution in [0.15, 0.2) is 24.3 Å². The number of aliphatic hydroxyl groups is 1. The van der Waals surface area contributed by atoms with Gasteiger partial charge in [0.05, 0.1) is 19.1 Å². The number of para-hydroxylation sites is 1. The van der Waals surface area contributed by atoms with Crippen LogP contribution in [-0.4, -0.2) is 29.4 Å². The molecule has 2 rings (SSSR count). The summed E-state index contributed by atoms with van der Waals surface area (Å²) in [6.07, 6.45) is 4.45. The second-order valence-corrected chi connectivity index (χ2v) is 5.83. The second kappa shape index (κ2) is 7.46. The van der Waals surface area contributed by atoms with Crippen molar-refractivity contribution in [3.63, 3.8) is 0 Å². The summed E-state index contributed by atoms with van der Waals surface area (Å²) in [6, 6.07) is 7.51. The summed E-state index contributed by atoms with van der Waals surface area (Å²) in [5, 5.41) is 19.9. The molecule has 0 spiro atoms. The predicted octanol–water partition coefficient (Wildman–Crippen LogP) is 2.88. The Kier molecular flexibility index (Phi) is 5.62. The molecule has 21 heavy (non-hydrogen) atoms. The molecule has 0 heterocycles. The van der Waals surface area contributed by atoms with E-state index in [1.165, 1.54) is 0 Å². The van der Waals surface area contributed by atoms with E-state index in [9.17, 15) is 15.0 Å². The lowest BCUT2D eigenvalue weighted by molar-refractivity contribution is -0.145. The molecule has 0 amide bonds. The number of hydrogen-bond acceptors (Lipinski definition) is 3. The lowest BCUT2D eigenvalue weighted by Crippen LogP contribution is -2.33. The first kappa shape index (κ1) is 15.8. The van der Waals surface area contributed by atoms with Crippen molar-refractivity contribution < 1.29 is 19.7 Å².